The van der Waals surface area contributed by atoms with Gasteiger partial charge in [-0.1, -0.05) is 61.4 Å². The molecule has 3 nitrogen and oxygen atoms in total. The van der Waals surface area contributed by atoms with Gasteiger partial charge in [0.2, 0.25) is 5.91 Å². The number of likely N-dealkylation sites (tertiary alicyclic amines) is 1. The van der Waals surface area contributed by atoms with E-state index in [2.05, 4.69) is 10.2 Å². The SMILES string of the molecule is O=C(NC1CCCCCCC1)[C@@H]1CCCN(Cc2ccc(Cl)cc2Cl)C1. The number of halogens is 2. The highest BCUT2D eigenvalue weighted by atomic mass is 35.5. The minimum atomic E-state index is 0.0975. The maximum absolute atomic E-state index is 12.8. The predicted molar refractivity (Wildman–Crippen MR) is 109 cm³/mol. The maximum Gasteiger partial charge on any atom is 0.224 e. The molecule has 1 heterocycles. The summed E-state index contributed by atoms with van der Waals surface area (Å²) < 4.78 is 0. The van der Waals surface area contributed by atoms with Crippen LogP contribution in [0.5, 0.6) is 0 Å². The molecule has 1 aromatic rings. The Morgan fingerprint density at radius 2 is 1.77 bits per heavy atom. The Balaban J connectivity index is 1.52. The number of nitrogens with one attached hydrogen (secondary N) is 1. The lowest BCUT2D eigenvalue weighted by atomic mass is 9.93. The molecular formula is C21H30Cl2N2O. The molecule has 1 saturated heterocycles. The summed E-state index contributed by atoms with van der Waals surface area (Å²) in [7, 11) is 0. The van der Waals surface area contributed by atoms with Gasteiger partial charge < -0.3 is 5.32 Å². The monoisotopic (exact) mass is 396 g/mol. The summed E-state index contributed by atoms with van der Waals surface area (Å²) in [5.74, 6) is 0.350. The van der Waals surface area contributed by atoms with Crippen LogP contribution in [0.1, 0.15) is 63.4 Å². The topological polar surface area (TPSA) is 32.3 Å². The van der Waals surface area contributed by atoms with Crippen LogP contribution in [0.25, 0.3) is 0 Å². The Hall–Kier alpha value is -0.770. The molecule has 3 rings (SSSR count). The zero-order chi connectivity index (χ0) is 18.4. The number of carbonyl (C=O) groups is 1. The first-order valence-electron chi connectivity index (χ1n) is 10.1. The van der Waals surface area contributed by atoms with Crippen molar-refractivity contribution in [2.75, 3.05) is 13.1 Å². The molecule has 0 bridgehead atoms. The van der Waals surface area contributed by atoms with Crippen LogP contribution in [0.15, 0.2) is 18.2 Å². The highest BCUT2D eigenvalue weighted by Gasteiger charge is 2.27. The van der Waals surface area contributed by atoms with Gasteiger partial charge in [-0.25, -0.2) is 0 Å². The first-order valence-corrected chi connectivity index (χ1v) is 10.8. The number of hydrogen-bond donors (Lipinski definition) is 1. The van der Waals surface area contributed by atoms with Gasteiger partial charge in [-0.3, -0.25) is 9.69 Å². The van der Waals surface area contributed by atoms with Gasteiger partial charge in [-0.2, -0.15) is 0 Å². The van der Waals surface area contributed by atoms with E-state index in [1.807, 2.05) is 12.1 Å². The molecule has 1 amide bonds. The molecule has 0 spiro atoms. The number of benzene rings is 1. The van der Waals surface area contributed by atoms with Crippen molar-refractivity contribution >= 4 is 29.1 Å². The van der Waals surface area contributed by atoms with E-state index in [1.165, 1.54) is 32.1 Å². The molecule has 1 atom stereocenters. The van der Waals surface area contributed by atoms with Gasteiger partial charge in [0.1, 0.15) is 0 Å². The number of hydrogen-bond acceptors (Lipinski definition) is 2. The van der Waals surface area contributed by atoms with E-state index >= 15 is 0 Å². The lowest BCUT2D eigenvalue weighted by Crippen LogP contribution is -2.45. The highest BCUT2D eigenvalue weighted by Crippen LogP contribution is 2.25. The van der Waals surface area contributed by atoms with Crippen molar-refractivity contribution in [1.82, 2.24) is 10.2 Å². The first-order chi connectivity index (χ1) is 12.6. The highest BCUT2D eigenvalue weighted by molar-refractivity contribution is 6.35. The summed E-state index contributed by atoms with van der Waals surface area (Å²) in [6.45, 7) is 2.62. The van der Waals surface area contributed by atoms with Crippen molar-refractivity contribution in [3.05, 3.63) is 33.8 Å². The van der Waals surface area contributed by atoms with Crippen LogP contribution in [0, 0.1) is 5.92 Å². The van der Waals surface area contributed by atoms with Gasteiger partial charge in [0.15, 0.2) is 0 Å². The third kappa shape index (κ3) is 5.87. The summed E-state index contributed by atoms with van der Waals surface area (Å²) in [6, 6.07) is 6.04. The second kappa shape index (κ2) is 9.96. The summed E-state index contributed by atoms with van der Waals surface area (Å²) >= 11 is 12.3. The van der Waals surface area contributed by atoms with Crippen molar-refractivity contribution in [3.63, 3.8) is 0 Å². The molecule has 1 aliphatic heterocycles. The molecular weight excluding hydrogens is 367 g/mol. The van der Waals surface area contributed by atoms with Crippen molar-refractivity contribution in [3.8, 4) is 0 Å². The average molecular weight is 397 g/mol. The Morgan fingerprint density at radius 3 is 2.50 bits per heavy atom. The van der Waals surface area contributed by atoms with E-state index in [9.17, 15) is 4.79 Å². The van der Waals surface area contributed by atoms with Gasteiger partial charge in [0.05, 0.1) is 5.92 Å². The normalized spacial score (nSPS) is 23.2. The molecule has 1 aromatic carbocycles. The van der Waals surface area contributed by atoms with Crippen LogP contribution >= 0.6 is 23.2 Å². The van der Waals surface area contributed by atoms with Crippen LogP contribution in [0.2, 0.25) is 10.0 Å². The molecule has 0 aromatic heterocycles. The minimum Gasteiger partial charge on any atom is -0.353 e. The number of piperidine rings is 1. The summed E-state index contributed by atoms with van der Waals surface area (Å²) in [6.07, 6.45) is 10.8. The van der Waals surface area contributed by atoms with Crippen LogP contribution < -0.4 is 5.32 Å². The molecule has 1 N–H and O–H groups in total. The zero-order valence-electron chi connectivity index (χ0n) is 15.5. The minimum absolute atomic E-state index is 0.0975. The molecule has 1 saturated carbocycles. The van der Waals surface area contributed by atoms with Crippen molar-refractivity contribution in [2.45, 2.75) is 70.4 Å². The van der Waals surface area contributed by atoms with Gasteiger partial charge in [-0.05, 0) is 49.9 Å². The van der Waals surface area contributed by atoms with Crippen LogP contribution in [0.4, 0.5) is 0 Å². The third-order valence-electron chi connectivity index (χ3n) is 5.74. The smallest absolute Gasteiger partial charge is 0.224 e. The van der Waals surface area contributed by atoms with E-state index in [1.54, 1.807) is 6.07 Å². The van der Waals surface area contributed by atoms with Crippen LogP contribution in [-0.2, 0) is 11.3 Å². The molecule has 0 unspecified atom stereocenters. The number of nitrogens with zero attached hydrogens (tertiary/aromatic N) is 1. The first kappa shape index (κ1) is 20.0. The van der Waals surface area contributed by atoms with E-state index in [4.69, 9.17) is 23.2 Å². The van der Waals surface area contributed by atoms with E-state index in [0.717, 1.165) is 50.9 Å². The largest absolute Gasteiger partial charge is 0.353 e. The third-order valence-corrected chi connectivity index (χ3v) is 6.32. The van der Waals surface area contributed by atoms with E-state index in [-0.39, 0.29) is 11.8 Å². The fourth-order valence-electron chi connectivity index (χ4n) is 4.22. The summed E-state index contributed by atoms with van der Waals surface area (Å²) in [5, 5.41) is 4.72. The van der Waals surface area contributed by atoms with Gasteiger partial charge in [0.25, 0.3) is 0 Å². The van der Waals surface area contributed by atoms with E-state index < -0.39 is 0 Å². The predicted octanol–water partition coefficient (Wildman–Crippen LogP) is 5.43. The van der Waals surface area contributed by atoms with Crippen LogP contribution in [-0.4, -0.2) is 29.9 Å². The maximum atomic E-state index is 12.8. The standard InChI is InChI=1S/C21H30Cl2N2O/c22-18-11-10-16(20(23)13-18)14-25-12-6-7-17(15-25)21(26)24-19-8-4-2-1-3-5-9-19/h10-11,13,17,19H,1-9,12,14-15H2,(H,24,26)/t17-/m1/s1. The summed E-state index contributed by atoms with van der Waals surface area (Å²) in [4.78, 5) is 15.1. The van der Waals surface area contributed by atoms with Crippen LogP contribution in [0.3, 0.4) is 0 Å². The second-order valence-electron chi connectivity index (χ2n) is 7.86. The Bertz CT molecular complexity index is 600. The molecule has 2 fully saturated rings. The van der Waals surface area contributed by atoms with Crippen molar-refractivity contribution in [1.29, 1.82) is 0 Å². The second-order valence-corrected chi connectivity index (χ2v) is 8.70. The Morgan fingerprint density at radius 1 is 1.04 bits per heavy atom. The molecule has 2 aliphatic rings. The molecule has 144 valence electrons. The average Bonchev–Trinajstić information content (AvgIpc) is 2.60. The molecule has 0 radical (unpaired) electrons. The number of carbonyl (C=O) groups excluding carboxylic acids is 1. The Labute approximate surface area is 167 Å². The lowest BCUT2D eigenvalue weighted by molar-refractivity contribution is -0.127. The molecule has 26 heavy (non-hydrogen) atoms. The fraction of sp³-hybridized carbons (Fsp3) is 0.667. The van der Waals surface area contributed by atoms with Gasteiger partial charge in [-0.15, -0.1) is 0 Å². The van der Waals surface area contributed by atoms with Crippen molar-refractivity contribution in [2.24, 2.45) is 5.92 Å². The zero-order valence-corrected chi connectivity index (χ0v) is 17.0. The van der Waals surface area contributed by atoms with E-state index in [0.29, 0.717) is 16.1 Å². The van der Waals surface area contributed by atoms with Gasteiger partial charge >= 0.3 is 0 Å². The summed E-state index contributed by atoms with van der Waals surface area (Å²) in [5.41, 5.74) is 1.08. The lowest BCUT2D eigenvalue weighted by Gasteiger charge is -2.33. The van der Waals surface area contributed by atoms with Gasteiger partial charge in [0, 0.05) is 29.2 Å². The quantitative estimate of drug-likeness (QED) is 0.734. The Kier molecular flexibility index (Phi) is 7.65. The van der Waals surface area contributed by atoms with Crippen molar-refractivity contribution < 1.29 is 4.79 Å². The number of rotatable bonds is 4. The number of amides is 1. The molecule has 1 aliphatic carbocycles. The molecule has 5 heteroatoms. The fourth-order valence-corrected chi connectivity index (χ4v) is 4.69.